The summed E-state index contributed by atoms with van der Waals surface area (Å²) in [4.78, 5) is 16.3. The fraction of sp³-hybridized carbons (Fsp3) is 0.611. The molecule has 1 saturated heterocycles. The van der Waals surface area contributed by atoms with E-state index in [1.807, 2.05) is 41.1 Å². The van der Waals surface area contributed by atoms with Crippen molar-refractivity contribution in [3.05, 3.63) is 29.8 Å². The first-order valence-electron chi connectivity index (χ1n) is 8.31. The Bertz CT molecular complexity index is 451. The zero-order valence-corrected chi connectivity index (χ0v) is 13.9. The Morgan fingerprint density at radius 3 is 2.41 bits per heavy atom. The van der Waals surface area contributed by atoms with Crippen LogP contribution in [0.3, 0.4) is 0 Å². The molecule has 4 heteroatoms. The van der Waals surface area contributed by atoms with Crippen LogP contribution in [0, 0.1) is 6.92 Å². The molecular weight excluding hydrogens is 276 g/mol. The minimum atomic E-state index is 0.250. The van der Waals surface area contributed by atoms with E-state index in [0.29, 0.717) is 13.2 Å². The maximum absolute atomic E-state index is 12.3. The predicted molar refractivity (Wildman–Crippen MR) is 89.2 cm³/mol. The van der Waals surface area contributed by atoms with Crippen LogP contribution < -0.4 is 4.74 Å². The number of likely N-dealkylation sites (N-methyl/N-ethyl adjacent to an activating group) is 1. The highest BCUT2D eigenvalue weighted by atomic mass is 16.5. The van der Waals surface area contributed by atoms with Gasteiger partial charge in [0.2, 0.25) is 5.91 Å². The Morgan fingerprint density at radius 2 is 1.77 bits per heavy atom. The molecule has 0 N–H and O–H groups in total. The van der Waals surface area contributed by atoms with E-state index < -0.39 is 0 Å². The number of nitrogens with zero attached hydrogens (tertiary/aromatic N) is 2. The highest BCUT2D eigenvalue weighted by molar-refractivity contribution is 5.78. The molecule has 1 amide bonds. The van der Waals surface area contributed by atoms with Crippen molar-refractivity contribution in [2.24, 2.45) is 0 Å². The van der Waals surface area contributed by atoms with Crippen molar-refractivity contribution in [2.75, 3.05) is 39.8 Å². The molecular formula is C18H28N2O2. The molecule has 2 rings (SSSR count). The van der Waals surface area contributed by atoms with Crippen LogP contribution >= 0.6 is 0 Å². The summed E-state index contributed by atoms with van der Waals surface area (Å²) in [7, 11) is 1.98. The molecule has 0 saturated carbocycles. The Morgan fingerprint density at radius 1 is 1.14 bits per heavy atom. The first-order valence-corrected chi connectivity index (χ1v) is 8.31. The Labute approximate surface area is 134 Å². The van der Waals surface area contributed by atoms with Crippen LogP contribution in [0.1, 0.15) is 31.2 Å². The largest absolute Gasteiger partial charge is 0.492 e. The Kier molecular flexibility index (Phi) is 6.72. The van der Waals surface area contributed by atoms with Gasteiger partial charge in [-0.3, -0.25) is 9.69 Å². The highest BCUT2D eigenvalue weighted by Gasteiger charge is 2.16. The van der Waals surface area contributed by atoms with Gasteiger partial charge in [-0.1, -0.05) is 30.5 Å². The molecule has 1 aliphatic rings. The second-order valence-corrected chi connectivity index (χ2v) is 6.19. The molecule has 4 nitrogen and oxygen atoms in total. The zero-order valence-electron chi connectivity index (χ0n) is 13.9. The van der Waals surface area contributed by atoms with Gasteiger partial charge in [-0.15, -0.1) is 0 Å². The molecule has 0 radical (unpaired) electrons. The van der Waals surface area contributed by atoms with Crippen molar-refractivity contribution in [1.82, 2.24) is 9.80 Å². The molecule has 1 aliphatic heterocycles. The van der Waals surface area contributed by atoms with Crippen LogP contribution in [-0.4, -0.2) is 55.5 Å². The van der Waals surface area contributed by atoms with Gasteiger partial charge in [0.25, 0.3) is 0 Å². The number of carbonyl (C=O) groups excluding carboxylic acids is 1. The monoisotopic (exact) mass is 304 g/mol. The highest BCUT2D eigenvalue weighted by Crippen LogP contribution is 2.12. The number of hydrogen-bond donors (Lipinski definition) is 0. The van der Waals surface area contributed by atoms with Gasteiger partial charge in [0.05, 0.1) is 6.54 Å². The van der Waals surface area contributed by atoms with Crippen LogP contribution in [-0.2, 0) is 4.79 Å². The number of rotatable bonds is 6. The summed E-state index contributed by atoms with van der Waals surface area (Å²) >= 11 is 0. The summed E-state index contributed by atoms with van der Waals surface area (Å²) in [5.41, 5.74) is 1.23. The van der Waals surface area contributed by atoms with Crippen LogP contribution in [0.15, 0.2) is 24.3 Å². The first-order chi connectivity index (χ1) is 10.6. The van der Waals surface area contributed by atoms with Gasteiger partial charge in [0, 0.05) is 19.6 Å². The van der Waals surface area contributed by atoms with E-state index in [0.717, 1.165) is 38.2 Å². The minimum Gasteiger partial charge on any atom is -0.492 e. The fourth-order valence-electron chi connectivity index (χ4n) is 2.68. The van der Waals surface area contributed by atoms with Crippen molar-refractivity contribution in [3.8, 4) is 5.75 Å². The lowest BCUT2D eigenvalue weighted by Crippen LogP contribution is -2.40. The fourth-order valence-corrected chi connectivity index (χ4v) is 2.68. The molecule has 0 aliphatic carbocycles. The summed E-state index contributed by atoms with van der Waals surface area (Å²) in [5, 5.41) is 0. The van der Waals surface area contributed by atoms with Gasteiger partial charge >= 0.3 is 0 Å². The van der Waals surface area contributed by atoms with Gasteiger partial charge in [-0.2, -0.15) is 0 Å². The number of carbonyl (C=O) groups is 1. The number of amides is 1. The lowest BCUT2D eigenvalue weighted by Gasteiger charge is -2.24. The van der Waals surface area contributed by atoms with E-state index in [1.165, 1.54) is 18.4 Å². The summed E-state index contributed by atoms with van der Waals surface area (Å²) in [6, 6.07) is 8.05. The standard InChI is InChI=1S/C18H28N2O2/c1-16-7-9-17(10-8-16)22-14-13-19(2)15-18(21)20-11-5-3-4-6-12-20/h7-10H,3-6,11-15H2,1-2H3. The molecule has 0 unspecified atom stereocenters. The molecule has 0 spiro atoms. The van der Waals surface area contributed by atoms with Crippen LogP contribution in [0.25, 0.3) is 0 Å². The van der Waals surface area contributed by atoms with E-state index in [-0.39, 0.29) is 5.91 Å². The van der Waals surface area contributed by atoms with Gasteiger partial charge in [-0.05, 0) is 38.9 Å². The van der Waals surface area contributed by atoms with Crippen molar-refractivity contribution in [1.29, 1.82) is 0 Å². The number of ether oxygens (including phenoxy) is 1. The zero-order chi connectivity index (χ0) is 15.8. The number of likely N-dealkylation sites (tertiary alicyclic amines) is 1. The lowest BCUT2D eigenvalue weighted by molar-refractivity contribution is -0.132. The molecule has 122 valence electrons. The van der Waals surface area contributed by atoms with Gasteiger partial charge in [0.1, 0.15) is 12.4 Å². The summed E-state index contributed by atoms with van der Waals surface area (Å²) in [6.07, 6.45) is 4.80. The quantitative estimate of drug-likeness (QED) is 0.810. The molecule has 0 atom stereocenters. The second-order valence-electron chi connectivity index (χ2n) is 6.19. The van der Waals surface area contributed by atoms with E-state index in [1.54, 1.807) is 0 Å². The molecule has 1 heterocycles. The Hall–Kier alpha value is -1.55. The van der Waals surface area contributed by atoms with Gasteiger partial charge in [0.15, 0.2) is 0 Å². The molecule has 1 aromatic carbocycles. The number of hydrogen-bond acceptors (Lipinski definition) is 3. The molecule has 0 bridgehead atoms. The third-order valence-corrected chi connectivity index (χ3v) is 4.13. The lowest BCUT2D eigenvalue weighted by atomic mass is 10.2. The van der Waals surface area contributed by atoms with E-state index >= 15 is 0 Å². The van der Waals surface area contributed by atoms with Gasteiger partial charge in [-0.25, -0.2) is 0 Å². The minimum absolute atomic E-state index is 0.250. The van der Waals surface area contributed by atoms with Gasteiger partial charge < -0.3 is 9.64 Å². The average Bonchev–Trinajstić information content (AvgIpc) is 2.78. The van der Waals surface area contributed by atoms with Crippen LogP contribution in [0.5, 0.6) is 5.75 Å². The van der Waals surface area contributed by atoms with Crippen molar-refractivity contribution in [2.45, 2.75) is 32.6 Å². The van der Waals surface area contributed by atoms with E-state index in [4.69, 9.17) is 4.74 Å². The number of aryl methyl sites for hydroxylation is 1. The normalized spacial score (nSPS) is 15.7. The predicted octanol–water partition coefficient (Wildman–Crippen LogP) is 2.71. The summed E-state index contributed by atoms with van der Waals surface area (Å²) in [5.74, 6) is 1.14. The number of benzene rings is 1. The molecule has 0 aromatic heterocycles. The smallest absolute Gasteiger partial charge is 0.236 e. The maximum atomic E-state index is 12.3. The summed E-state index contributed by atoms with van der Waals surface area (Å²) in [6.45, 7) is 5.75. The van der Waals surface area contributed by atoms with E-state index in [2.05, 4.69) is 6.92 Å². The van der Waals surface area contributed by atoms with Crippen molar-refractivity contribution < 1.29 is 9.53 Å². The third-order valence-electron chi connectivity index (χ3n) is 4.13. The van der Waals surface area contributed by atoms with E-state index in [9.17, 15) is 4.79 Å². The van der Waals surface area contributed by atoms with Crippen LogP contribution in [0.4, 0.5) is 0 Å². The summed E-state index contributed by atoms with van der Waals surface area (Å²) < 4.78 is 5.71. The maximum Gasteiger partial charge on any atom is 0.236 e. The first kappa shape index (κ1) is 16.8. The van der Waals surface area contributed by atoms with Crippen molar-refractivity contribution in [3.63, 3.8) is 0 Å². The topological polar surface area (TPSA) is 32.8 Å². The Balaban J connectivity index is 1.67. The average molecular weight is 304 g/mol. The van der Waals surface area contributed by atoms with Crippen LogP contribution in [0.2, 0.25) is 0 Å². The third kappa shape index (κ3) is 5.68. The molecule has 22 heavy (non-hydrogen) atoms. The second kappa shape index (κ2) is 8.79. The SMILES string of the molecule is Cc1ccc(OCCN(C)CC(=O)N2CCCCCC2)cc1. The van der Waals surface area contributed by atoms with Crippen molar-refractivity contribution >= 4 is 5.91 Å². The molecule has 1 aromatic rings. The molecule has 1 fully saturated rings.